The smallest absolute Gasteiger partial charge is 0.0512 e. The number of rotatable bonds is 2. The summed E-state index contributed by atoms with van der Waals surface area (Å²) in [4.78, 5) is 2.52. The zero-order valence-corrected chi connectivity index (χ0v) is 10.8. The number of hydrogen-bond acceptors (Lipinski definition) is 3. The predicted octanol–water partition coefficient (Wildman–Crippen LogP) is 2.32. The SMILES string of the molecule is NC1CCCN(CC2CCOC2)c2ccccc21. The van der Waals surface area contributed by atoms with E-state index in [1.165, 1.54) is 24.1 Å². The Bertz CT molecular complexity index is 401. The van der Waals surface area contributed by atoms with Crippen LogP contribution in [0.4, 0.5) is 5.69 Å². The molecule has 1 fully saturated rings. The van der Waals surface area contributed by atoms with Crippen molar-refractivity contribution >= 4 is 5.69 Å². The minimum absolute atomic E-state index is 0.200. The molecule has 2 aliphatic heterocycles. The molecule has 3 nitrogen and oxygen atoms in total. The molecule has 1 aromatic carbocycles. The van der Waals surface area contributed by atoms with E-state index in [4.69, 9.17) is 10.5 Å². The molecule has 2 N–H and O–H groups in total. The Hall–Kier alpha value is -1.06. The molecule has 18 heavy (non-hydrogen) atoms. The molecule has 0 bridgehead atoms. The summed E-state index contributed by atoms with van der Waals surface area (Å²) in [6.07, 6.45) is 3.48. The van der Waals surface area contributed by atoms with E-state index in [1.54, 1.807) is 0 Å². The predicted molar refractivity (Wildman–Crippen MR) is 73.7 cm³/mol. The van der Waals surface area contributed by atoms with E-state index in [0.717, 1.165) is 32.7 Å². The molecule has 98 valence electrons. The third-order valence-electron chi connectivity index (χ3n) is 4.12. The van der Waals surface area contributed by atoms with Crippen molar-refractivity contribution in [1.29, 1.82) is 0 Å². The van der Waals surface area contributed by atoms with Crippen molar-refractivity contribution in [1.82, 2.24) is 0 Å². The molecule has 0 amide bonds. The first-order valence-corrected chi connectivity index (χ1v) is 7.02. The number of hydrogen-bond donors (Lipinski definition) is 1. The van der Waals surface area contributed by atoms with Gasteiger partial charge in [0.1, 0.15) is 0 Å². The van der Waals surface area contributed by atoms with E-state index in [2.05, 4.69) is 29.2 Å². The van der Waals surface area contributed by atoms with Crippen LogP contribution in [0.5, 0.6) is 0 Å². The fourth-order valence-electron chi connectivity index (χ4n) is 3.10. The van der Waals surface area contributed by atoms with E-state index < -0.39 is 0 Å². The van der Waals surface area contributed by atoms with Gasteiger partial charge in [0.25, 0.3) is 0 Å². The lowest BCUT2D eigenvalue weighted by atomic mass is 10.0. The van der Waals surface area contributed by atoms with Crippen LogP contribution in [-0.4, -0.2) is 26.3 Å². The van der Waals surface area contributed by atoms with E-state index in [-0.39, 0.29) is 6.04 Å². The number of fused-ring (bicyclic) bond motifs is 1. The van der Waals surface area contributed by atoms with Gasteiger partial charge in [0, 0.05) is 37.3 Å². The first-order valence-electron chi connectivity index (χ1n) is 7.02. The van der Waals surface area contributed by atoms with Crippen LogP contribution < -0.4 is 10.6 Å². The maximum absolute atomic E-state index is 6.27. The third kappa shape index (κ3) is 2.38. The highest BCUT2D eigenvalue weighted by molar-refractivity contribution is 5.55. The topological polar surface area (TPSA) is 38.5 Å². The lowest BCUT2D eigenvalue weighted by molar-refractivity contribution is 0.186. The van der Waals surface area contributed by atoms with Crippen molar-refractivity contribution in [2.75, 3.05) is 31.2 Å². The summed E-state index contributed by atoms with van der Waals surface area (Å²) in [6.45, 7) is 4.09. The molecule has 1 saturated heterocycles. The van der Waals surface area contributed by atoms with Gasteiger partial charge in [-0.25, -0.2) is 0 Å². The fraction of sp³-hybridized carbons (Fsp3) is 0.600. The van der Waals surface area contributed by atoms with Gasteiger partial charge in [0.2, 0.25) is 0 Å². The molecule has 2 atom stereocenters. The average molecular weight is 246 g/mol. The Morgan fingerprint density at radius 1 is 1.28 bits per heavy atom. The van der Waals surface area contributed by atoms with Gasteiger partial charge < -0.3 is 15.4 Å². The lowest BCUT2D eigenvalue weighted by Gasteiger charge is -2.27. The second kappa shape index (κ2) is 5.29. The van der Waals surface area contributed by atoms with Gasteiger partial charge >= 0.3 is 0 Å². The van der Waals surface area contributed by atoms with Gasteiger partial charge in [-0.15, -0.1) is 0 Å². The third-order valence-corrected chi connectivity index (χ3v) is 4.12. The summed E-state index contributed by atoms with van der Waals surface area (Å²) < 4.78 is 5.49. The van der Waals surface area contributed by atoms with Crippen LogP contribution in [-0.2, 0) is 4.74 Å². The molecule has 2 heterocycles. The molecular formula is C15H22N2O. The lowest BCUT2D eigenvalue weighted by Crippen LogP contribution is -2.30. The summed E-state index contributed by atoms with van der Waals surface area (Å²) in [7, 11) is 0. The molecule has 0 spiro atoms. The van der Waals surface area contributed by atoms with Crippen LogP contribution in [0, 0.1) is 5.92 Å². The first-order chi connectivity index (χ1) is 8.84. The largest absolute Gasteiger partial charge is 0.381 e. The molecular weight excluding hydrogens is 224 g/mol. The first kappa shape index (κ1) is 12.0. The Morgan fingerprint density at radius 3 is 3.00 bits per heavy atom. The van der Waals surface area contributed by atoms with Crippen molar-refractivity contribution in [3.63, 3.8) is 0 Å². The van der Waals surface area contributed by atoms with Crippen molar-refractivity contribution in [3.8, 4) is 0 Å². The molecule has 0 saturated carbocycles. The summed E-state index contributed by atoms with van der Waals surface area (Å²) >= 11 is 0. The molecule has 2 unspecified atom stereocenters. The highest BCUT2D eigenvalue weighted by Crippen LogP contribution is 2.32. The van der Waals surface area contributed by atoms with E-state index in [0.29, 0.717) is 5.92 Å². The van der Waals surface area contributed by atoms with Crippen LogP contribution in [0.1, 0.15) is 30.9 Å². The van der Waals surface area contributed by atoms with Gasteiger partial charge in [-0.2, -0.15) is 0 Å². The number of benzene rings is 1. The van der Waals surface area contributed by atoms with E-state index >= 15 is 0 Å². The molecule has 3 heteroatoms. The summed E-state index contributed by atoms with van der Waals surface area (Å²) in [5.41, 5.74) is 8.92. The summed E-state index contributed by atoms with van der Waals surface area (Å²) in [6, 6.07) is 8.82. The average Bonchev–Trinajstić information content (AvgIpc) is 2.85. The number of ether oxygens (including phenoxy) is 1. The fourth-order valence-corrected chi connectivity index (χ4v) is 3.10. The van der Waals surface area contributed by atoms with Gasteiger partial charge in [0.15, 0.2) is 0 Å². The van der Waals surface area contributed by atoms with Gasteiger partial charge in [-0.05, 0) is 30.9 Å². The van der Waals surface area contributed by atoms with Crippen molar-refractivity contribution in [2.24, 2.45) is 11.7 Å². The molecule has 0 aliphatic carbocycles. The standard InChI is InChI=1S/C15H22N2O/c16-14-5-3-8-17(10-12-7-9-18-11-12)15-6-2-1-4-13(14)15/h1-2,4,6,12,14H,3,5,7-11,16H2. The van der Waals surface area contributed by atoms with E-state index in [1.807, 2.05) is 0 Å². The minimum Gasteiger partial charge on any atom is -0.381 e. The Labute approximate surface area is 109 Å². The van der Waals surface area contributed by atoms with Crippen molar-refractivity contribution in [3.05, 3.63) is 29.8 Å². The van der Waals surface area contributed by atoms with Crippen LogP contribution in [0.3, 0.4) is 0 Å². The van der Waals surface area contributed by atoms with Crippen LogP contribution in [0.15, 0.2) is 24.3 Å². The second-order valence-corrected chi connectivity index (χ2v) is 5.48. The van der Waals surface area contributed by atoms with Gasteiger partial charge in [-0.3, -0.25) is 0 Å². The second-order valence-electron chi connectivity index (χ2n) is 5.48. The molecule has 0 radical (unpaired) electrons. The molecule has 2 aliphatic rings. The minimum atomic E-state index is 0.200. The number of nitrogens with zero attached hydrogens (tertiary/aromatic N) is 1. The van der Waals surface area contributed by atoms with Crippen molar-refractivity contribution < 1.29 is 4.74 Å². The number of nitrogens with two attached hydrogens (primary N) is 1. The van der Waals surface area contributed by atoms with Gasteiger partial charge in [0.05, 0.1) is 6.61 Å². The molecule has 3 rings (SSSR count). The highest BCUT2D eigenvalue weighted by atomic mass is 16.5. The Kier molecular flexibility index (Phi) is 3.52. The Balaban J connectivity index is 1.82. The Morgan fingerprint density at radius 2 is 2.17 bits per heavy atom. The zero-order valence-electron chi connectivity index (χ0n) is 10.8. The maximum atomic E-state index is 6.27. The quantitative estimate of drug-likeness (QED) is 0.870. The summed E-state index contributed by atoms with van der Waals surface area (Å²) in [5.74, 6) is 0.687. The van der Waals surface area contributed by atoms with Gasteiger partial charge in [-0.1, -0.05) is 18.2 Å². The van der Waals surface area contributed by atoms with Crippen LogP contribution >= 0.6 is 0 Å². The van der Waals surface area contributed by atoms with Crippen molar-refractivity contribution in [2.45, 2.75) is 25.3 Å². The monoisotopic (exact) mass is 246 g/mol. The molecule has 0 aromatic heterocycles. The zero-order chi connectivity index (χ0) is 12.4. The maximum Gasteiger partial charge on any atom is 0.0512 e. The number of para-hydroxylation sites is 1. The molecule has 1 aromatic rings. The number of anilines is 1. The normalized spacial score (nSPS) is 27.9. The summed E-state index contributed by atoms with van der Waals surface area (Å²) in [5, 5.41) is 0. The van der Waals surface area contributed by atoms with Crippen LogP contribution in [0.2, 0.25) is 0 Å². The highest BCUT2D eigenvalue weighted by Gasteiger charge is 2.24. The van der Waals surface area contributed by atoms with E-state index in [9.17, 15) is 0 Å². The van der Waals surface area contributed by atoms with Crippen LogP contribution in [0.25, 0.3) is 0 Å².